The Morgan fingerprint density at radius 2 is 2.23 bits per heavy atom. The molecule has 1 aliphatic heterocycles. The number of hydrogen-bond donors (Lipinski definition) is 1. The molecule has 0 saturated carbocycles. The van der Waals surface area contributed by atoms with Gasteiger partial charge in [0, 0.05) is 36.2 Å². The molecular formula is C17H16N2O3. The van der Waals surface area contributed by atoms with Gasteiger partial charge in [-0.05, 0) is 18.2 Å². The molecule has 0 aliphatic carbocycles. The van der Waals surface area contributed by atoms with Gasteiger partial charge in [-0.15, -0.1) is 0 Å². The third-order valence-electron chi connectivity index (χ3n) is 4.21. The Hall–Kier alpha value is -2.69. The van der Waals surface area contributed by atoms with Crippen molar-refractivity contribution in [1.29, 1.82) is 0 Å². The monoisotopic (exact) mass is 296 g/mol. The number of nitrogens with one attached hydrogen (secondary N) is 1. The second-order valence-corrected chi connectivity index (χ2v) is 5.42. The fourth-order valence-electron chi connectivity index (χ4n) is 3.11. The Bertz CT molecular complexity index is 833. The molecule has 3 aromatic rings. The van der Waals surface area contributed by atoms with Crippen molar-refractivity contribution in [3.8, 4) is 5.75 Å². The van der Waals surface area contributed by atoms with E-state index in [0.29, 0.717) is 18.8 Å². The zero-order chi connectivity index (χ0) is 15.1. The first-order chi connectivity index (χ1) is 10.8. The first kappa shape index (κ1) is 13.0. The minimum atomic E-state index is -0.0621. The number of benzene rings is 1. The Labute approximate surface area is 127 Å². The number of nitrogens with zero attached hydrogens (tertiary/aromatic N) is 1. The van der Waals surface area contributed by atoms with Crippen molar-refractivity contribution in [3.63, 3.8) is 0 Å². The van der Waals surface area contributed by atoms with Gasteiger partial charge in [-0.1, -0.05) is 12.1 Å². The van der Waals surface area contributed by atoms with E-state index in [-0.39, 0.29) is 5.91 Å². The van der Waals surface area contributed by atoms with Gasteiger partial charge >= 0.3 is 0 Å². The number of carbonyl (C=O) groups excluding carboxylic acids is 1. The molecular weight excluding hydrogens is 280 g/mol. The number of ether oxygens (including phenoxy) is 1. The maximum absolute atomic E-state index is 12.4. The van der Waals surface area contributed by atoms with E-state index in [1.807, 2.05) is 17.0 Å². The van der Waals surface area contributed by atoms with Crippen molar-refractivity contribution < 1.29 is 13.9 Å². The van der Waals surface area contributed by atoms with Crippen molar-refractivity contribution in [1.82, 2.24) is 9.88 Å². The van der Waals surface area contributed by atoms with Gasteiger partial charge in [-0.25, -0.2) is 0 Å². The standard InChI is InChI=1S/C17H16N2O3/c1-21-14-5-2-4-11-12-10-19(8-7-13(12)18-16(11)14)17(20)15-6-3-9-22-15/h2-6,9,18H,7-8,10H2,1H3. The lowest BCUT2D eigenvalue weighted by atomic mass is 10.0. The quantitative estimate of drug-likeness (QED) is 0.791. The lowest BCUT2D eigenvalue weighted by Gasteiger charge is -2.26. The van der Waals surface area contributed by atoms with Crippen molar-refractivity contribution in [2.45, 2.75) is 13.0 Å². The van der Waals surface area contributed by atoms with Gasteiger partial charge in [0.2, 0.25) is 0 Å². The molecule has 1 aromatic carbocycles. The summed E-state index contributed by atoms with van der Waals surface area (Å²) >= 11 is 0. The number of aromatic nitrogens is 1. The number of fused-ring (bicyclic) bond motifs is 3. The summed E-state index contributed by atoms with van der Waals surface area (Å²) in [6, 6.07) is 9.42. The van der Waals surface area contributed by atoms with E-state index < -0.39 is 0 Å². The Morgan fingerprint density at radius 3 is 3.00 bits per heavy atom. The largest absolute Gasteiger partial charge is 0.495 e. The topological polar surface area (TPSA) is 58.5 Å². The highest BCUT2D eigenvalue weighted by Gasteiger charge is 2.26. The molecule has 0 bridgehead atoms. The van der Waals surface area contributed by atoms with Crippen LogP contribution in [0.5, 0.6) is 5.75 Å². The lowest BCUT2D eigenvalue weighted by molar-refractivity contribution is 0.0703. The minimum Gasteiger partial charge on any atom is -0.495 e. The summed E-state index contributed by atoms with van der Waals surface area (Å²) in [4.78, 5) is 17.7. The maximum Gasteiger partial charge on any atom is 0.289 e. The smallest absolute Gasteiger partial charge is 0.289 e. The van der Waals surface area contributed by atoms with Crippen LogP contribution < -0.4 is 4.74 Å². The molecule has 1 N–H and O–H groups in total. The molecule has 112 valence electrons. The fraction of sp³-hybridized carbons (Fsp3) is 0.235. The van der Waals surface area contributed by atoms with Crippen LogP contribution in [-0.2, 0) is 13.0 Å². The molecule has 4 rings (SSSR count). The van der Waals surface area contributed by atoms with Crippen LogP contribution in [0.25, 0.3) is 10.9 Å². The second-order valence-electron chi connectivity index (χ2n) is 5.42. The number of aromatic amines is 1. The average molecular weight is 296 g/mol. The van der Waals surface area contributed by atoms with Crippen LogP contribution in [0.2, 0.25) is 0 Å². The number of para-hydroxylation sites is 1. The number of rotatable bonds is 2. The number of amides is 1. The number of furan rings is 1. The number of H-pyrrole nitrogens is 1. The van der Waals surface area contributed by atoms with E-state index >= 15 is 0 Å². The Kier molecular flexibility index (Phi) is 2.92. The van der Waals surface area contributed by atoms with Crippen molar-refractivity contribution in [3.05, 3.63) is 53.6 Å². The summed E-state index contributed by atoms with van der Waals surface area (Å²) < 4.78 is 10.6. The third-order valence-corrected chi connectivity index (χ3v) is 4.21. The second kappa shape index (κ2) is 4.94. The number of hydrogen-bond acceptors (Lipinski definition) is 3. The zero-order valence-electron chi connectivity index (χ0n) is 12.3. The summed E-state index contributed by atoms with van der Waals surface area (Å²) in [6.07, 6.45) is 2.33. The number of methoxy groups -OCH3 is 1. The first-order valence-electron chi connectivity index (χ1n) is 7.27. The lowest BCUT2D eigenvalue weighted by Crippen LogP contribution is -2.35. The van der Waals surface area contributed by atoms with Gasteiger partial charge in [0.25, 0.3) is 5.91 Å². The van der Waals surface area contributed by atoms with Crippen molar-refractivity contribution in [2.24, 2.45) is 0 Å². The van der Waals surface area contributed by atoms with Crippen LogP contribution in [0.1, 0.15) is 21.8 Å². The molecule has 0 unspecified atom stereocenters. The molecule has 5 heteroatoms. The summed E-state index contributed by atoms with van der Waals surface area (Å²) in [7, 11) is 1.67. The molecule has 1 amide bonds. The highest BCUT2D eigenvalue weighted by Crippen LogP contribution is 2.33. The first-order valence-corrected chi connectivity index (χ1v) is 7.27. The van der Waals surface area contributed by atoms with E-state index in [0.717, 1.165) is 23.1 Å². The van der Waals surface area contributed by atoms with Crippen LogP contribution in [0.15, 0.2) is 41.0 Å². The van der Waals surface area contributed by atoms with Crippen LogP contribution in [0, 0.1) is 0 Å². The molecule has 22 heavy (non-hydrogen) atoms. The van der Waals surface area contributed by atoms with Crippen molar-refractivity contribution >= 4 is 16.8 Å². The molecule has 0 spiro atoms. The predicted molar refractivity (Wildman–Crippen MR) is 82.0 cm³/mol. The Morgan fingerprint density at radius 1 is 1.32 bits per heavy atom. The van der Waals surface area contributed by atoms with Crippen LogP contribution in [0.4, 0.5) is 0 Å². The molecule has 0 atom stereocenters. The van der Waals surface area contributed by atoms with Gasteiger partial charge < -0.3 is 19.0 Å². The molecule has 2 aromatic heterocycles. The van der Waals surface area contributed by atoms with Gasteiger partial charge in [0.15, 0.2) is 5.76 Å². The molecule has 0 radical (unpaired) electrons. The van der Waals surface area contributed by atoms with Gasteiger partial charge in [-0.2, -0.15) is 0 Å². The summed E-state index contributed by atoms with van der Waals surface area (Å²) in [5, 5.41) is 1.12. The average Bonchev–Trinajstić information content (AvgIpc) is 3.20. The number of carbonyl (C=O) groups is 1. The van der Waals surface area contributed by atoms with Crippen LogP contribution in [-0.4, -0.2) is 29.4 Å². The minimum absolute atomic E-state index is 0.0621. The van der Waals surface area contributed by atoms with E-state index in [9.17, 15) is 4.79 Å². The predicted octanol–water partition coefficient (Wildman–Crippen LogP) is 2.97. The maximum atomic E-state index is 12.4. The van der Waals surface area contributed by atoms with Crippen molar-refractivity contribution in [2.75, 3.05) is 13.7 Å². The molecule has 5 nitrogen and oxygen atoms in total. The normalized spacial score (nSPS) is 14.1. The summed E-state index contributed by atoms with van der Waals surface area (Å²) in [6.45, 7) is 1.27. The van der Waals surface area contributed by atoms with E-state index in [1.54, 1.807) is 19.2 Å². The van der Waals surface area contributed by atoms with Crippen LogP contribution >= 0.6 is 0 Å². The molecule has 0 saturated heterocycles. The highest BCUT2D eigenvalue weighted by atomic mass is 16.5. The van der Waals surface area contributed by atoms with Gasteiger partial charge in [0.05, 0.1) is 18.9 Å². The van der Waals surface area contributed by atoms with E-state index in [4.69, 9.17) is 9.15 Å². The molecule has 0 fully saturated rings. The molecule has 1 aliphatic rings. The third kappa shape index (κ3) is 1.89. The zero-order valence-corrected chi connectivity index (χ0v) is 12.3. The Balaban J connectivity index is 1.72. The van der Waals surface area contributed by atoms with E-state index in [1.165, 1.54) is 17.5 Å². The molecule has 3 heterocycles. The van der Waals surface area contributed by atoms with Gasteiger partial charge in [-0.3, -0.25) is 4.79 Å². The van der Waals surface area contributed by atoms with Crippen LogP contribution in [0.3, 0.4) is 0 Å². The van der Waals surface area contributed by atoms with Gasteiger partial charge in [0.1, 0.15) is 5.75 Å². The fourth-order valence-corrected chi connectivity index (χ4v) is 3.11. The highest BCUT2D eigenvalue weighted by molar-refractivity contribution is 5.93. The SMILES string of the molecule is COc1cccc2c3c([nH]c12)CCN(C(=O)c1ccco1)C3. The summed E-state index contributed by atoms with van der Waals surface area (Å²) in [5.74, 6) is 1.16. The summed E-state index contributed by atoms with van der Waals surface area (Å²) in [5.41, 5.74) is 3.35. The van der Waals surface area contributed by atoms with E-state index in [2.05, 4.69) is 11.1 Å².